The highest BCUT2D eigenvalue weighted by Crippen LogP contribution is 2.14. The Balaban J connectivity index is 1.86. The van der Waals surface area contributed by atoms with Gasteiger partial charge >= 0.3 is 0 Å². The molecule has 0 radical (unpaired) electrons. The third-order valence-electron chi connectivity index (χ3n) is 3.36. The summed E-state index contributed by atoms with van der Waals surface area (Å²) in [5.41, 5.74) is 2.32. The number of unbranched alkanes of at least 4 members (excludes halogenated alkanes) is 2. The lowest BCUT2D eigenvalue weighted by molar-refractivity contribution is 0.605. The van der Waals surface area contributed by atoms with E-state index in [2.05, 4.69) is 47.0 Å². The molecule has 3 heteroatoms. The molecule has 0 unspecified atom stereocenters. The summed E-state index contributed by atoms with van der Waals surface area (Å²) in [5.74, 6) is 1.17. The van der Waals surface area contributed by atoms with Gasteiger partial charge in [0.25, 0.3) is 0 Å². The number of rotatable bonds is 7. The van der Waals surface area contributed by atoms with Gasteiger partial charge in [0.2, 0.25) is 0 Å². The second-order valence-electron chi connectivity index (χ2n) is 4.78. The number of fused-ring (bicyclic) bond motifs is 1. The SMILES string of the molecule is CCCCCNCCc1nc2ccccc2n1C. The maximum Gasteiger partial charge on any atom is 0.110 e. The molecule has 2 rings (SSSR count). The van der Waals surface area contributed by atoms with Crippen molar-refractivity contribution in [3.8, 4) is 0 Å². The molecular formula is C15H23N3. The molecular weight excluding hydrogens is 222 g/mol. The zero-order valence-corrected chi connectivity index (χ0v) is 11.4. The van der Waals surface area contributed by atoms with E-state index in [0.717, 1.165) is 25.0 Å². The van der Waals surface area contributed by atoms with Crippen LogP contribution in [-0.4, -0.2) is 22.6 Å². The van der Waals surface area contributed by atoms with Gasteiger partial charge in [0.15, 0.2) is 0 Å². The van der Waals surface area contributed by atoms with Crippen molar-refractivity contribution in [2.45, 2.75) is 32.6 Å². The summed E-state index contributed by atoms with van der Waals surface area (Å²) in [6.07, 6.45) is 4.88. The van der Waals surface area contributed by atoms with E-state index >= 15 is 0 Å². The molecule has 1 aromatic carbocycles. The first-order valence-corrected chi connectivity index (χ1v) is 6.94. The molecule has 0 spiro atoms. The molecule has 0 saturated heterocycles. The predicted molar refractivity (Wildman–Crippen MR) is 76.8 cm³/mol. The zero-order chi connectivity index (χ0) is 12.8. The van der Waals surface area contributed by atoms with Gasteiger partial charge in [-0.25, -0.2) is 4.98 Å². The Hall–Kier alpha value is -1.35. The first-order valence-electron chi connectivity index (χ1n) is 6.94. The van der Waals surface area contributed by atoms with E-state index in [1.807, 2.05) is 6.07 Å². The number of hydrogen-bond donors (Lipinski definition) is 1. The molecule has 98 valence electrons. The topological polar surface area (TPSA) is 29.9 Å². The normalized spacial score (nSPS) is 11.2. The largest absolute Gasteiger partial charge is 0.331 e. The van der Waals surface area contributed by atoms with Crippen molar-refractivity contribution < 1.29 is 0 Å². The van der Waals surface area contributed by atoms with E-state index in [4.69, 9.17) is 0 Å². The smallest absolute Gasteiger partial charge is 0.110 e. The second kappa shape index (κ2) is 6.55. The van der Waals surface area contributed by atoms with Gasteiger partial charge in [0, 0.05) is 20.0 Å². The van der Waals surface area contributed by atoms with Crippen molar-refractivity contribution in [2.75, 3.05) is 13.1 Å². The van der Waals surface area contributed by atoms with Crippen LogP contribution in [0.3, 0.4) is 0 Å². The van der Waals surface area contributed by atoms with E-state index in [1.165, 1.54) is 30.6 Å². The Kier molecular flexibility index (Phi) is 4.76. The van der Waals surface area contributed by atoms with E-state index in [9.17, 15) is 0 Å². The highest BCUT2D eigenvalue weighted by atomic mass is 15.1. The Bertz CT molecular complexity index is 487. The van der Waals surface area contributed by atoms with Gasteiger partial charge in [-0.2, -0.15) is 0 Å². The quantitative estimate of drug-likeness (QED) is 0.760. The highest BCUT2D eigenvalue weighted by molar-refractivity contribution is 5.75. The number of nitrogens with one attached hydrogen (secondary N) is 1. The first kappa shape index (κ1) is 13.1. The minimum atomic E-state index is 0.997. The summed E-state index contributed by atoms with van der Waals surface area (Å²) in [7, 11) is 2.10. The van der Waals surface area contributed by atoms with E-state index in [0.29, 0.717) is 0 Å². The molecule has 0 fully saturated rings. The summed E-state index contributed by atoms with van der Waals surface area (Å²) in [4.78, 5) is 4.67. The number of hydrogen-bond acceptors (Lipinski definition) is 2. The maximum atomic E-state index is 4.67. The monoisotopic (exact) mass is 245 g/mol. The fraction of sp³-hybridized carbons (Fsp3) is 0.533. The van der Waals surface area contributed by atoms with Crippen molar-refractivity contribution >= 4 is 11.0 Å². The number of para-hydroxylation sites is 2. The zero-order valence-electron chi connectivity index (χ0n) is 11.4. The van der Waals surface area contributed by atoms with Crippen LogP contribution in [0.2, 0.25) is 0 Å². The fourth-order valence-corrected chi connectivity index (χ4v) is 2.24. The van der Waals surface area contributed by atoms with Crippen LogP contribution >= 0.6 is 0 Å². The van der Waals surface area contributed by atoms with Crippen LogP contribution in [0.4, 0.5) is 0 Å². The molecule has 0 aliphatic rings. The first-order chi connectivity index (χ1) is 8.83. The van der Waals surface area contributed by atoms with Gasteiger partial charge in [-0.05, 0) is 25.1 Å². The van der Waals surface area contributed by atoms with Crippen molar-refractivity contribution in [3.63, 3.8) is 0 Å². The molecule has 3 nitrogen and oxygen atoms in total. The number of nitrogens with zero attached hydrogens (tertiary/aromatic N) is 2. The Morgan fingerprint density at radius 2 is 2.00 bits per heavy atom. The van der Waals surface area contributed by atoms with Gasteiger partial charge in [0.05, 0.1) is 11.0 Å². The van der Waals surface area contributed by atoms with Crippen LogP contribution in [0.5, 0.6) is 0 Å². The molecule has 0 aliphatic carbocycles. The number of imidazole rings is 1. The Morgan fingerprint density at radius 3 is 2.78 bits per heavy atom. The van der Waals surface area contributed by atoms with Gasteiger partial charge < -0.3 is 9.88 Å². The van der Waals surface area contributed by atoms with Crippen LogP contribution in [0, 0.1) is 0 Å². The Morgan fingerprint density at radius 1 is 1.17 bits per heavy atom. The molecule has 2 aromatic rings. The average molecular weight is 245 g/mol. The summed E-state index contributed by atoms with van der Waals surface area (Å²) in [6.45, 7) is 4.37. The molecule has 1 heterocycles. The molecule has 1 N–H and O–H groups in total. The standard InChI is InChI=1S/C15H23N3/c1-3-4-7-11-16-12-10-15-17-13-8-5-6-9-14(13)18(15)2/h5-6,8-9,16H,3-4,7,10-12H2,1-2H3. The molecule has 1 aromatic heterocycles. The van der Waals surface area contributed by atoms with Crippen LogP contribution in [0.1, 0.15) is 32.0 Å². The highest BCUT2D eigenvalue weighted by Gasteiger charge is 2.05. The predicted octanol–water partition coefficient (Wildman–Crippen LogP) is 2.90. The van der Waals surface area contributed by atoms with Gasteiger partial charge in [-0.1, -0.05) is 31.9 Å². The van der Waals surface area contributed by atoms with Crippen molar-refractivity contribution in [1.29, 1.82) is 0 Å². The second-order valence-corrected chi connectivity index (χ2v) is 4.78. The van der Waals surface area contributed by atoms with E-state index in [1.54, 1.807) is 0 Å². The van der Waals surface area contributed by atoms with Gasteiger partial charge in [-0.3, -0.25) is 0 Å². The number of aryl methyl sites for hydroxylation is 1. The van der Waals surface area contributed by atoms with Crippen LogP contribution in [0.25, 0.3) is 11.0 Å². The van der Waals surface area contributed by atoms with Crippen molar-refractivity contribution in [1.82, 2.24) is 14.9 Å². The van der Waals surface area contributed by atoms with E-state index in [-0.39, 0.29) is 0 Å². The van der Waals surface area contributed by atoms with E-state index < -0.39 is 0 Å². The molecule has 0 atom stereocenters. The third-order valence-corrected chi connectivity index (χ3v) is 3.36. The maximum absolute atomic E-state index is 4.67. The van der Waals surface area contributed by atoms with Crippen molar-refractivity contribution in [2.24, 2.45) is 7.05 Å². The lowest BCUT2D eigenvalue weighted by atomic mass is 10.2. The lowest BCUT2D eigenvalue weighted by Gasteiger charge is -2.04. The number of aromatic nitrogens is 2. The minimum absolute atomic E-state index is 0.997. The average Bonchev–Trinajstić information content (AvgIpc) is 2.71. The summed E-state index contributed by atoms with van der Waals surface area (Å²) >= 11 is 0. The fourth-order valence-electron chi connectivity index (χ4n) is 2.24. The van der Waals surface area contributed by atoms with Gasteiger partial charge in [-0.15, -0.1) is 0 Å². The molecule has 0 saturated carbocycles. The molecule has 0 aliphatic heterocycles. The molecule has 0 bridgehead atoms. The Labute approximate surface area is 109 Å². The molecule has 18 heavy (non-hydrogen) atoms. The van der Waals surface area contributed by atoms with Crippen molar-refractivity contribution in [3.05, 3.63) is 30.1 Å². The summed E-state index contributed by atoms with van der Waals surface area (Å²) < 4.78 is 2.20. The summed E-state index contributed by atoms with van der Waals surface area (Å²) in [6, 6.07) is 8.31. The van der Waals surface area contributed by atoms with Gasteiger partial charge in [0.1, 0.15) is 5.82 Å². The number of benzene rings is 1. The molecule has 0 amide bonds. The van der Waals surface area contributed by atoms with Crippen LogP contribution in [-0.2, 0) is 13.5 Å². The minimum Gasteiger partial charge on any atom is -0.331 e. The third kappa shape index (κ3) is 3.10. The van der Waals surface area contributed by atoms with Crippen LogP contribution < -0.4 is 5.32 Å². The lowest BCUT2D eigenvalue weighted by Crippen LogP contribution is -2.19. The van der Waals surface area contributed by atoms with Crippen LogP contribution in [0.15, 0.2) is 24.3 Å². The summed E-state index contributed by atoms with van der Waals surface area (Å²) in [5, 5.41) is 3.49.